The Labute approximate surface area is 121 Å². The van der Waals surface area contributed by atoms with Gasteiger partial charge < -0.3 is 10.3 Å². The average molecular weight is 299 g/mol. The predicted molar refractivity (Wildman–Crippen MR) is 79.7 cm³/mol. The molecule has 3 N–H and O–H groups in total. The zero-order valence-corrected chi connectivity index (χ0v) is 13.0. The molecule has 1 saturated carbocycles. The summed E-state index contributed by atoms with van der Waals surface area (Å²) >= 11 is 0. The number of sulfonamides is 1. The maximum absolute atomic E-state index is 12.2. The van der Waals surface area contributed by atoms with E-state index in [1.54, 1.807) is 16.8 Å². The zero-order valence-electron chi connectivity index (χ0n) is 12.1. The molecule has 0 spiro atoms. The largest absolute Gasteiger partial charge is 0.352 e. The molecule has 0 atom stereocenters. The minimum Gasteiger partial charge on any atom is -0.352 e. The van der Waals surface area contributed by atoms with E-state index in [0.29, 0.717) is 23.9 Å². The SMILES string of the molecule is Cn1cc(S(=O)(=O)NCCC2CCCCC2)cc1CN. The topological polar surface area (TPSA) is 77.1 Å². The number of hydrogen-bond donors (Lipinski definition) is 2. The maximum atomic E-state index is 12.2. The van der Waals surface area contributed by atoms with Crippen LogP contribution in [-0.2, 0) is 23.6 Å². The van der Waals surface area contributed by atoms with E-state index in [-0.39, 0.29) is 0 Å². The van der Waals surface area contributed by atoms with Crippen LogP contribution in [0.1, 0.15) is 44.2 Å². The van der Waals surface area contributed by atoms with Gasteiger partial charge in [-0.2, -0.15) is 0 Å². The molecule has 0 radical (unpaired) electrons. The van der Waals surface area contributed by atoms with Gasteiger partial charge in [-0.25, -0.2) is 13.1 Å². The van der Waals surface area contributed by atoms with Crippen molar-refractivity contribution in [2.45, 2.75) is 50.0 Å². The van der Waals surface area contributed by atoms with E-state index in [0.717, 1.165) is 12.1 Å². The van der Waals surface area contributed by atoms with Crippen LogP contribution in [0.25, 0.3) is 0 Å². The fourth-order valence-electron chi connectivity index (χ4n) is 2.88. The fourth-order valence-corrected chi connectivity index (χ4v) is 4.02. The maximum Gasteiger partial charge on any atom is 0.242 e. The van der Waals surface area contributed by atoms with Crippen LogP contribution in [0.15, 0.2) is 17.2 Å². The minimum atomic E-state index is -3.40. The molecule has 1 aromatic heterocycles. The highest BCUT2D eigenvalue weighted by atomic mass is 32.2. The van der Waals surface area contributed by atoms with Crippen LogP contribution < -0.4 is 10.5 Å². The minimum absolute atomic E-state index is 0.309. The van der Waals surface area contributed by atoms with Gasteiger partial charge in [0, 0.05) is 32.0 Å². The third-order valence-corrected chi connectivity index (χ3v) is 5.60. The van der Waals surface area contributed by atoms with Crippen LogP contribution in [0.3, 0.4) is 0 Å². The number of rotatable bonds is 6. The molecule has 114 valence electrons. The molecule has 20 heavy (non-hydrogen) atoms. The Balaban J connectivity index is 1.89. The first-order chi connectivity index (χ1) is 9.53. The lowest BCUT2D eigenvalue weighted by Gasteiger charge is -2.21. The van der Waals surface area contributed by atoms with Crippen LogP contribution in [0.4, 0.5) is 0 Å². The van der Waals surface area contributed by atoms with Gasteiger partial charge in [-0.15, -0.1) is 0 Å². The van der Waals surface area contributed by atoms with E-state index < -0.39 is 10.0 Å². The Morgan fingerprint density at radius 2 is 2.05 bits per heavy atom. The van der Waals surface area contributed by atoms with Gasteiger partial charge in [0.1, 0.15) is 0 Å². The second kappa shape index (κ2) is 6.74. The van der Waals surface area contributed by atoms with E-state index in [2.05, 4.69) is 4.72 Å². The number of nitrogens with one attached hydrogen (secondary N) is 1. The molecule has 1 aliphatic carbocycles. The highest BCUT2D eigenvalue weighted by Gasteiger charge is 2.18. The average Bonchev–Trinajstić information content (AvgIpc) is 2.82. The summed E-state index contributed by atoms with van der Waals surface area (Å²) in [5, 5.41) is 0. The van der Waals surface area contributed by atoms with E-state index in [1.807, 2.05) is 7.05 Å². The highest BCUT2D eigenvalue weighted by molar-refractivity contribution is 7.89. The van der Waals surface area contributed by atoms with Crippen molar-refractivity contribution < 1.29 is 8.42 Å². The van der Waals surface area contributed by atoms with Crippen LogP contribution >= 0.6 is 0 Å². The molecule has 0 amide bonds. The van der Waals surface area contributed by atoms with E-state index >= 15 is 0 Å². The first-order valence-corrected chi connectivity index (χ1v) is 8.86. The van der Waals surface area contributed by atoms with E-state index in [4.69, 9.17) is 5.73 Å². The molecule has 2 rings (SSSR count). The monoisotopic (exact) mass is 299 g/mol. The van der Waals surface area contributed by atoms with Gasteiger partial charge >= 0.3 is 0 Å². The van der Waals surface area contributed by atoms with Gasteiger partial charge in [-0.05, 0) is 18.4 Å². The Bertz CT molecular complexity index is 531. The second-order valence-electron chi connectivity index (χ2n) is 5.67. The lowest BCUT2D eigenvalue weighted by atomic mass is 9.87. The molecule has 1 heterocycles. The van der Waals surface area contributed by atoms with Gasteiger partial charge in [0.05, 0.1) is 4.90 Å². The predicted octanol–water partition coefficient (Wildman–Crippen LogP) is 1.73. The summed E-state index contributed by atoms with van der Waals surface area (Å²) in [5.74, 6) is 0.682. The fraction of sp³-hybridized carbons (Fsp3) is 0.714. The third-order valence-electron chi connectivity index (χ3n) is 4.17. The quantitative estimate of drug-likeness (QED) is 0.840. The molecule has 0 unspecified atom stereocenters. The number of aromatic nitrogens is 1. The van der Waals surface area contributed by atoms with Crippen molar-refractivity contribution in [2.24, 2.45) is 18.7 Å². The highest BCUT2D eigenvalue weighted by Crippen LogP contribution is 2.26. The molecule has 1 aliphatic rings. The van der Waals surface area contributed by atoms with Crippen molar-refractivity contribution in [2.75, 3.05) is 6.54 Å². The molecule has 5 nitrogen and oxygen atoms in total. The van der Waals surface area contributed by atoms with Crippen molar-refractivity contribution in [3.05, 3.63) is 18.0 Å². The van der Waals surface area contributed by atoms with Gasteiger partial charge in [-0.3, -0.25) is 0 Å². The molecular formula is C14H25N3O2S. The standard InChI is InChI=1S/C14H25N3O2S/c1-17-11-14(9-13(17)10-15)20(18,19)16-8-7-12-5-3-2-4-6-12/h9,11-12,16H,2-8,10,15H2,1H3. The second-order valence-corrected chi connectivity index (χ2v) is 7.44. The van der Waals surface area contributed by atoms with Crippen LogP contribution in [0, 0.1) is 5.92 Å². The first kappa shape index (κ1) is 15.5. The molecule has 1 fully saturated rings. The van der Waals surface area contributed by atoms with E-state index in [9.17, 15) is 8.42 Å². The molecule has 0 aliphatic heterocycles. The van der Waals surface area contributed by atoms with Gasteiger partial charge in [0.25, 0.3) is 0 Å². The lowest BCUT2D eigenvalue weighted by Crippen LogP contribution is -2.26. The summed E-state index contributed by atoms with van der Waals surface area (Å²) in [7, 11) is -1.59. The summed E-state index contributed by atoms with van der Waals surface area (Å²) in [4.78, 5) is 0.309. The van der Waals surface area contributed by atoms with Crippen molar-refractivity contribution >= 4 is 10.0 Å². The molecule has 1 aromatic rings. The summed E-state index contributed by atoms with van der Waals surface area (Å²) in [6.07, 6.45) is 8.94. The van der Waals surface area contributed by atoms with Crippen molar-refractivity contribution in [1.29, 1.82) is 0 Å². The summed E-state index contributed by atoms with van der Waals surface area (Å²) < 4.78 is 28.8. The Hall–Kier alpha value is -0.850. The van der Waals surface area contributed by atoms with Crippen molar-refractivity contribution in [3.8, 4) is 0 Å². The number of hydrogen-bond acceptors (Lipinski definition) is 3. The Kier molecular flexibility index (Phi) is 5.23. The van der Waals surface area contributed by atoms with Crippen LogP contribution in [0.2, 0.25) is 0 Å². The zero-order chi connectivity index (χ0) is 14.6. The molecule has 6 heteroatoms. The first-order valence-electron chi connectivity index (χ1n) is 7.38. The normalized spacial score (nSPS) is 17.5. The van der Waals surface area contributed by atoms with Crippen molar-refractivity contribution in [1.82, 2.24) is 9.29 Å². The summed E-state index contributed by atoms with van der Waals surface area (Å²) in [6.45, 7) is 0.869. The molecular weight excluding hydrogens is 274 g/mol. The summed E-state index contributed by atoms with van der Waals surface area (Å²) in [6, 6.07) is 1.64. The van der Waals surface area contributed by atoms with Crippen LogP contribution in [-0.4, -0.2) is 19.5 Å². The molecule has 0 saturated heterocycles. The molecule has 0 aromatic carbocycles. The number of nitrogens with zero attached hydrogens (tertiary/aromatic N) is 1. The van der Waals surface area contributed by atoms with Gasteiger partial charge in [0.2, 0.25) is 10.0 Å². The molecule has 0 bridgehead atoms. The Morgan fingerprint density at radius 1 is 1.35 bits per heavy atom. The van der Waals surface area contributed by atoms with E-state index in [1.165, 1.54) is 32.1 Å². The summed E-state index contributed by atoms with van der Waals surface area (Å²) in [5.41, 5.74) is 6.39. The number of nitrogens with two attached hydrogens (primary N) is 1. The lowest BCUT2D eigenvalue weighted by molar-refractivity contribution is 0.339. The van der Waals surface area contributed by atoms with Gasteiger partial charge in [-0.1, -0.05) is 32.1 Å². The van der Waals surface area contributed by atoms with Crippen molar-refractivity contribution in [3.63, 3.8) is 0 Å². The Morgan fingerprint density at radius 3 is 2.65 bits per heavy atom. The number of aryl methyl sites for hydroxylation is 1. The third kappa shape index (κ3) is 3.84. The smallest absolute Gasteiger partial charge is 0.242 e. The van der Waals surface area contributed by atoms with Gasteiger partial charge in [0.15, 0.2) is 0 Å². The van der Waals surface area contributed by atoms with Crippen LogP contribution in [0.5, 0.6) is 0 Å².